The molecule has 0 amide bonds. The molecular weight excluding hydrogens is 282 g/mol. The quantitative estimate of drug-likeness (QED) is 0.726. The molecule has 0 aliphatic heterocycles. The summed E-state index contributed by atoms with van der Waals surface area (Å²) in [6.45, 7) is 2.59. The first-order chi connectivity index (χ1) is 9.10. The Morgan fingerprint density at radius 1 is 1.32 bits per heavy atom. The van der Waals surface area contributed by atoms with E-state index in [1.54, 1.807) is 12.1 Å². The molecule has 0 aromatic heterocycles. The van der Waals surface area contributed by atoms with Crippen LogP contribution in [-0.2, 0) is 9.84 Å². The van der Waals surface area contributed by atoms with E-state index in [0.29, 0.717) is 29.8 Å². The molecule has 1 aromatic rings. The maximum absolute atomic E-state index is 12.3. The number of nitrogens with zero attached hydrogens (tertiary/aromatic N) is 1. The van der Waals surface area contributed by atoms with E-state index >= 15 is 0 Å². The smallest absolute Gasteiger partial charge is 0.180 e. The predicted octanol–water partition coefficient (Wildman–Crippen LogP) is 3.08. The average molecular weight is 302 g/mol. The Bertz CT molecular complexity index is 526. The molecule has 3 nitrogen and oxygen atoms in total. The molecule has 0 radical (unpaired) electrons. The van der Waals surface area contributed by atoms with Gasteiger partial charge in [-0.25, -0.2) is 8.42 Å². The van der Waals surface area contributed by atoms with Crippen LogP contribution in [0, 0.1) is 0 Å². The SMILES string of the molecule is CCCS(=O)(=O)c1ccccc1N(CCCl)C1CC1. The summed E-state index contributed by atoms with van der Waals surface area (Å²) >= 11 is 5.85. The molecular formula is C14H20ClNO2S. The third-order valence-electron chi connectivity index (χ3n) is 3.30. The Morgan fingerprint density at radius 2 is 2.00 bits per heavy atom. The number of hydrogen-bond acceptors (Lipinski definition) is 3. The molecule has 0 atom stereocenters. The molecule has 0 heterocycles. The Labute approximate surface area is 120 Å². The highest BCUT2D eigenvalue weighted by atomic mass is 35.5. The van der Waals surface area contributed by atoms with Gasteiger partial charge in [0.15, 0.2) is 9.84 Å². The molecule has 0 spiro atoms. The molecule has 1 saturated carbocycles. The van der Waals surface area contributed by atoms with Crippen LogP contribution in [0.3, 0.4) is 0 Å². The van der Waals surface area contributed by atoms with E-state index in [4.69, 9.17) is 11.6 Å². The molecule has 0 N–H and O–H groups in total. The van der Waals surface area contributed by atoms with Gasteiger partial charge < -0.3 is 4.90 Å². The third-order valence-corrected chi connectivity index (χ3v) is 5.43. The first kappa shape index (κ1) is 14.7. The minimum atomic E-state index is -3.19. The van der Waals surface area contributed by atoms with Gasteiger partial charge in [-0.1, -0.05) is 19.1 Å². The number of hydrogen-bond donors (Lipinski definition) is 0. The summed E-state index contributed by atoms with van der Waals surface area (Å²) in [5.74, 6) is 0.710. The van der Waals surface area contributed by atoms with Crippen molar-refractivity contribution >= 4 is 27.1 Å². The van der Waals surface area contributed by atoms with Crippen LogP contribution in [0.25, 0.3) is 0 Å². The monoisotopic (exact) mass is 301 g/mol. The number of benzene rings is 1. The molecule has 2 rings (SSSR count). The van der Waals surface area contributed by atoms with Gasteiger partial charge in [0, 0.05) is 18.5 Å². The Balaban J connectivity index is 2.39. The Morgan fingerprint density at radius 3 is 2.58 bits per heavy atom. The zero-order valence-electron chi connectivity index (χ0n) is 11.2. The van der Waals surface area contributed by atoms with E-state index in [1.807, 2.05) is 19.1 Å². The second kappa shape index (κ2) is 6.14. The maximum Gasteiger partial charge on any atom is 0.180 e. The van der Waals surface area contributed by atoms with Crippen LogP contribution in [0.1, 0.15) is 26.2 Å². The van der Waals surface area contributed by atoms with Crippen molar-refractivity contribution in [2.75, 3.05) is 23.1 Å². The lowest BCUT2D eigenvalue weighted by Crippen LogP contribution is -2.29. The third kappa shape index (κ3) is 3.42. The van der Waals surface area contributed by atoms with Gasteiger partial charge in [-0.2, -0.15) is 0 Å². The van der Waals surface area contributed by atoms with Gasteiger partial charge in [0.1, 0.15) is 0 Å². The summed E-state index contributed by atoms with van der Waals surface area (Å²) in [5, 5.41) is 0. The van der Waals surface area contributed by atoms with Crippen LogP contribution in [0.15, 0.2) is 29.2 Å². The van der Waals surface area contributed by atoms with Crippen molar-refractivity contribution in [2.45, 2.75) is 37.1 Å². The van der Waals surface area contributed by atoms with Crippen molar-refractivity contribution in [1.29, 1.82) is 0 Å². The molecule has 1 aliphatic carbocycles. The summed E-state index contributed by atoms with van der Waals surface area (Å²) in [4.78, 5) is 2.60. The van der Waals surface area contributed by atoms with E-state index in [0.717, 1.165) is 18.5 Å². The van der Waals surface area contributed by atoms with E-state index in [1.165, 1.54) is 0 Å². The number of alkyl halides is 1. The molecule has 1 aliphatic rings. The van der Waals surface area contributed by atoms with E-state index in [2.05, 4.69) is 4.90 Å². The molecule has 0 unspecified atom stereocenters. The van der Waals surface area contributed by atoms with Crippen LogP contribution < -0.4 is 4.90 Å². The van der Waals surface area contributed by atoms with Gasteiger partial charge >= 0.3 is 0 Å². The minimum Gasteiger partial charge on any atom is -0.366 e. The highest BCUT2D eigenvalue weighted by Crippen LogP contribution is 2.35. The van der Waals surface area contributed by atoms with Crippen molar-refractivity contribution in [1.82, 2.24) is 0 Å². The van der Waals surface area contributed by atoms with E-state index in [-0.39, 0.29) is 5.75 Å². The lowest BCUT2D eigenvalue weighted by molar-refractivity contribution is 0.594. The van der Waals surface area contributed by atoms with Crippen LogP contribution in [0.5, 0.6) is 0 Å². The summed E-state index contributed by atoms with van der Waals surface area (Å²) in [6.07, 6.45) is 2.88. The van der Waals surface area contributed by atoms with Gasteiger partial charge in [0.05, 0.1) is 16.3 Å². The minimum absolute atomic E-state index is 0.198. The topological polar surface area (TPSA) is 37.4 Å². The number of para-hydroxylation sites is 1. The fraction of sp³-hybridized carbons (Fsp3) is 0.571. The highest BCUT2D eigenvalue weighted by Gasteiger charge is 2.31. The van der Waals surface area contributed by atoms with Gasteiger partial charge in [-0.05, 0) is 31.4 Å². The first-order valence-electron chi connectivity index (χ1n) is 6.74. The molecule has 1 fully saturated rings. The highest BCUT2D eigenvalue weighted by molar-refractivity contribution is 7.91. The van der Waals surface area contributed by atoms with Gasteiger partial charge in [0.25, 0.3) is 0 Å². The first-order valence-corrected chi connectivity index (χ1v) is 8.93. The zero-order valence-corrected chi connectivity index (χ0v) is 12.8. The lowest BCUT2D eigenvalue weighted by Gasteiger charge is -2.26. The van der Waals surface area contributed by atoms with Crippen LogP contribution in [0.4, 0.5) is 5.69 Å². The predicted molar refractivity (Wildman–Crippen MR) is 79.9 cm³/mol. The summed E-state index contributed by atoms with van der Waals surface area (Å²) in [5.41, 5.74) is 0.819. The van der Waals surface area contributed by atoms with Gasteiger partial charge in [-0.3, -0.25) is 0 Å². The van der Waals surface area contributed by atoms with Crippen LogP contribution in [-0.4, -0.2) is 32.6 Å². The second-order valence-corrected chi connectivity index (χ2v) is 7.36. The summed E-state index contributed by atoms with van der Waals surface area (Å²) < 4.78 is 24.7. The Hall–Kier alpha value is -0.740. The summed E-state index contributed by atoms with van der Waals surface area (Å²) in [6, 6.07) is 7.75. The molecule has 5 heteroatoms. The molecule has 0 saturated heterocycles. The largest absolute Gasteiger partial charge is 0.366 e. The van der Waals surface area contributed by atoms with Crippen LogP contribution in [0.2, 0.25) is 0 Å². The van der Waals surface area contributed by atoms with E-state index < -0.39 is 9.84 Å². The molecule has 106 valence electrons. The van der Waals surface area contributed by atoms with Gasteiger partial charge in [0.2, 0.25) is 0 Å². The van der Waals surface area contributed by atoms with Crippen LogP contribution >= 0.6 is 11.6 Å². The number of sulfone groups is 1. The molecule has 0 bridgehead atoms. The molecule has 1 aromatic carbocycles. The second-order valence-electron chi connectivity index (χ2n) is 4.90. The fourth-order valence-corrected chi connectivity index (χ4v) is 4.04. The fourth-order valence-electron chi connectivity index (χ4n) is 2.31. The zero-order chi connectivity index (χ0) is 13.9. The lowest BCUT2D eigenvalue weighted by atomic mass is 10.3. The number of anilines is 1. The summed E-state index contributed by atoms with van der Waals surface area (Å²) in [7, 11) is -3.19. The number of rotatable bonds is 7. The standard InChI is InChI=1S/C14H20ClNO2S/c1-2-11-19(17,18)14-6-4-3-5-13(14)16(10-9-15)12-7-8-12/h3-6,12H,2,7-11H2,1H3. The van der Waals surface area contributed by atoms with Crippen molar-refractivity contribution in [3.63, 3.8) is 0 Å². The van der Waals surface area contributed by atoms with Crippen molar-refractivity contribution in [3.05, 3.63) is 24.3 Å². The van der Waals surface area contributed by atoms with Crippen molar-refractivity contribution in [3.8, 4) is 0 Å². The van der Waals surface area contributed by atoms with Crippen molar-refractivity contribution in [2.24, 2.45) is 0 Å². The maximum atomic E-state index is 12.3. The Kier molecular flexibility index (Phi) is 4.74. The number of halogens is 1. The normalized spacial score (nSPS) is 15.5. The average Bonchev–Trinajstić information content (AvgIpc) is 3.20. The van der Waals surface area contributed by atoms with E-state index in [9.17, 15) is 8.42 Å². The van der Waals surface area contributed by atoms with Gasteiger partial charge in [-0.15, -0.1) is 11.6 Å². The van der Waals surface area contributed by atoms with Crippen molar-refractivity contribution < 1.29 is 8.42 Å². The molecule has 19 heavy (non-hydrogen) atoms.